The molecule has 0 aliphatic heterocycles. The van der Waals surface area contributed by atoms with Crippen molar-refractivity contribution in [3.8, 4) is 11.3 Å². The van der Waals surface area contributed by atoms with E-state index in [1.54, 1.807) is 6.20 Å². The van der Waals surface area contributed by atoms with Gasteiger partial charge >= 0.3 is 0 Å². The topological polar surface area (TPSA) is 38.1 Å². The zero-order chi connectivity index (χ0) is 12.6. The monoisotopic (exact) mass is 262 g/mol. The summed E-state index contributed by atoms with van der Waals surface area (Å²) in [6.45, 7) is 3.20. The van der Waals surface area contributed by atoms with Crippen molar-refractivity contribution in [3.05, 3.63) is 36.9 Å². The van der Waals surface area contributed by atoms with Crippen molar-refractivity contribution in [1.29, 1.82) is 0 Å². The highest BCUT2D eigenvalue weighted by atomic mass is 32.2. The van der Waals surface area contributed by atoms with Crippen molar-refractivity contribution in [1.82, 2.24) is 4.98 Å². The first-order valence-corrected chi connectivity index (χ1v) is 7.36. The molecule has 96 valence electrons. The van der Waals surface area contributed by atoms with Gasteiger partial charge in [-0.3, -0.25) is 0 Å². The van der Waals surface area contributed by atoms with Crippen molar-refractivity contribution in [2.45, 2.75) is 13.3 Å². The molecule has 1 N–H and O–H groups in total. The highest BCUT2D eigenvalue weighted by Crippen LogP contribution is 2.21. The maximum Gasteiger partial charge on any atom is 0.181 e. The fourth-order valence-corrected chi connectivity index (χ4v) is 2.33. The number of hydrogen-bond acceptors (Lipinski definition) is 4. The van der Waals surface area contributed by atoms with Crippen LogP contribution in [-0.4, -0.2) is 23.0 Å². The largest absolute Gasteiger partial charge is 0.444 e. The normalized spacial score (nSPS) is 10.5. The summed E-state index contributed by atoms with van der Waals surface area (Å²) in [5, 5.41) is 3.43. The summed E-state index contributed by atoms with van der Waals surface area (Å²) in [5.74, 6) is 3.21. The quantitative estimate of drug-likeness (QED) is 0.768. The molecule has 0 atom stereocenters. The summed E-state index contributed by atoms with van der Waals surface area (Å²) in [4.78, 5) is 3.93. The summed E-state index contributed by atoms with van der Waals surface area (Å²) in [6.07, 6.45) is 4.37. The predicted octanol–water partition coefficient (Wildman–Crippen LogP) is 3.90. The third-order valence-electron chi connectivity index (χ3n) is 2.58. The van der Waals surface area contributed by atoms with E-state index >= 15 is 0 Å². The van der Waals surface area contributed by atoms with E-state index in [2.05, 4.69) is 29.4 Å². The SMILES string of the molecule is CCSCCCNc1cccc(-c2cnco2)c1. The van der Waals surface area contributed by atoms with Gasteiger partial charge in [0.25, 0.3) is 0 Å². The molecule has 4 heteroatoms. The highest BCUT2D eigenvalue weighted by Gasteiger charge is 2.01. The molecule has 1 aromatic heterocycles. The van der Waals surface area contributed by atoms with Gasteiger partial charge in [0.1, 0.15) is 0 Å². The van der Waals surface area contributed by atoms with E-state index in [0.717, 1.165) is 23.6 Å². The second-order valence-corrected chi connectivity index (χ2v) is 5.32. The summed E-state index contributed by atoms with van der Waals surface area (Å²) < 4.78 is 5.29. The molecule has 0 unspecified atom stereocenters. The average molecular weight is 262 g/mol. The Morgan fingerprint density at radius 3 is 3.11 bits per heavy atom. The lowest BCUT2D eigenvalue weighted by atomic mass is 10.1. The van der Waals surface area contributed by atoms with Gasteiger partial charge in [0.2, 0.25) is 0 Å². The van der Waals surface area contributed by atoms with Crippen LogP contribution < -0.4 is 5.32 Å². The van der Waals surface area contributed by atoms with Crippen LogP contribution in [0.3, 0.4) is 0 Å². The molecular weight excluding hydrogens is 244 g/mol. The molecule has 0 aliphatic rings. The van der Waals surface area contributed by atoms with Crippen LogP contribution in [0.1, 0.15) is 13.3 Å². The second kappa shape index (κ2) is 7.11. The summed E-state index contributed by atoms with van der Waals surface area (Å²) >= 11 is 1.98. The van der Waals surface area contributed by atoms with E-state index in [1.165, 1.54) is 24.3 Å². The van der Waals surface area contributed by atoms with E-state index in [1.807, 2.05) is 23.9 Å². The van der Waals surface area contributed by atoms with Crippen LogP contribution in [0, 0.1) is 0 Å². The van der Waals surface area contributed by atoms with E-state index in [9.17, 15) is 0 Å². The molecular formula is C14H18N2OS. The zero-order valence-electron chi connectivity index (χ0n) is 10.6. The van der Waals surface area contributed by atoms with Crippen LogP contribution in [0.4, 0.5) is 5.69 Å². The first-order chi connectivity index (χ1) is 8.90. The van der Waals surface area contributed by atoms with E-state index in [4.69, 9.17) is 4.42 Å². The van der Waals surface area contributed by atoms with E-state index < -0.39 is 0 Å². The number of nitrogens with zero attached hydrogens (tertiary/aromatic N) is 1. The van der Waals surface area contributed by atoms with Crippen LogP contribution in [0.5, 0.6) is 0 Å². The molecule has 0 radical (unpaired) electrons. The third-order valence-corrected chi connectivity index (χ3v) is 3.56. The number of oxazole rings is 1. The molecule has 0 spiro atoms. The van der Waals surface area contributed by atoms with E-state index in [-0.39, 0.29) is 0 Å². The van der Waals surface area contributed by atoms with Gasteiger partial charge in [-0.25, -0.2) is 4.98 Å². The standard InChI is InChI=1S/C14H18N2OS/c1-2-18-8-4-7-16-13-6-3-5-12(9-13)14-10-15-11-17-14/h3,5-6,9-11,16H,2,4,7-8H2,1H3. The number of hydrogen-bond donors (Lipinski definition) is 1. The van der Waals surface area contributed by atoms with Gasteiger partial charge in [0, 0.05) is 17.8 Å². The molecule has 2 rings (SSSR count). The number of rotatable bonds is 7. The Hall–Kier alpha value is -1.42. The Morgan fingerprint density at radius 1 is 1.39 bits per heavy atom. The van der Waals surface area contributed by atoms with Crippen molar-refractivity contribution < 1.29 is 4.42 Å². The molecule has 1 aromatic carbocycles. The maximum absolute atomic E-state index is 5.29. The fourth-order valence-electron chi connectivity index (χ4n) is 1.69. The molecule has 3 nitrogen and oxygen atoms in total. The second-order valence-electron chi connectivity index (χ2n) is 3.92. The first kappa shape index (κ1) is 13.0. The zero-order valence-corrected chi connectivity index (χ0v) is 11.4. The first-order valence-electron chi connectivity index (χ1n) is 6.20. The smallest absolute Gasteiger partial charge is 0.181 e. The minimum absolute atomic E-state index is 0.806. The summed E-state index contributed by atoms with van der Waals surface area (Å²) in [5.41, 5.74) is 2.19. The molecule has 0 amide bonds. The van der Waals surface area contributed by atoms with Crippen molar-refractivity contribution >= 4 is 17.4 Å². The lowest BCUT2D eigenvalue weighted by Crippen LogP contribution is -2.02. The number of aromatic nitrogens is 1. The van der Waals surface area contributed by atoms with Crippen LogP contribution in [0.25, 0.3) is 11.3 Å². The number of anilines is 1. The van der Waals surface area contributed by atoms with Gasteiger partial charge in [-0.05, 0) is 30.1 Å². The van der Waals surface area contributed by atoms with Crippen LogP contribution in [-0.2, 0) is 0 Å². The molecule has 0 bridgehead atoms. The van der Waals surface area contributed by atoms with Gasteiger partial charge in [-0.15, -0.1) is 0 Å². The van der Waals surface area contributed by atoms with Crippen molar-refractivity contribution in [3.63, 3.8) is 0 Å². The lowest BCUT2D eigenvalue weighted by molar-refractivity contribution is 0.572. The van der Waals surface area contributed by atoms with Gasteiger partial charge in [-0.1, -0.05) is 19.1 Å². The van der Waals surface area contributed by atoms with Gasteiger partial charge in [0.15, 0.2) is 12.2 Å². The average Bonchev–Trinajstić information content (AvgIpc) is 2.93. The molecule has 0 saturated carbocycles. The molecule has 0 fully saturated rings. The van der Waals surface area contributed by atoms with Gasteiger partial charge < -0.3 is 9.73 Å². The van der Waals surface area contributed by atoms with Crippen molar-refractivity contribution in [2.75, 3.05) is 23.4 Å². The number of thioether (sulfide) groups is 1. The predicted molar refractivity (Wildman–Crippen MR) is 78.0 cm³/mol. The summed E-state index contributed by atoms with van der Waals surface area (Å²) in [7, 11) is 0. The minimum atomic E-state index is 0.806. The van der Waals surface area contributed by atoms with Crippen molar-refractivity contribution in [2.24, 2.45) is 0 Å². The minimum Gasteiger partial charge on any atom is -0.444 e. The van der Waals surface area contributed by atoms with Crippen LogP contribution in [0.15, 0.2) is 41.3 Å². The van der Waals surface area contributed by atoms with Gasteiger partial charge in [-0.2, -0.15) is 11.8 Å². The molecule has 1 heterocycles. The molecule has 0 saturated heterocycles. The van der Waals surface area contributed by atoms with Crippen LogP contribution >= 0.6 is 11.8 Å². The third kappa shape index (κ3) is 3.81. The molecule has 0 aliphatic carbocycles. The number of nitrogens with one attached hydrogen (secondary N) is 1. The lowest BCUT2D eigenvalue weighted by Gasteiger charge is -2.07. The maximum atomic E-state index is 5.29. The Labute approximate surface area is 112 Å². The summed E-state index contributed by atoms with van der Waals surface area (Å²) in [6, 6.07) is 8.22. The van der Waals surface area contributed by atoms with Crippen LogP contribution in [0.2, 0.25) is 0 Å². The van der Waals surface area contributed by atoms with E-state index in [0.29, 0.717) is 0 Å². The fraction of sp³-hybridized carbons (Fsp3) is 0.357. The molecule has 18 heavy (non-hydrogen) atoms. The Balaban J connectivity index is 1.88. The Morgan fingerprint density at radius 2 is 2.33 bits per heavy atom. The highest BCUT2D eigenvalue weighted by molar-refractivity contribution is 7.99. The number of benzene rings is 1. The Bertz CT molecular complexity index is 457. The van der Waals surface area contributed by atoms with Gasteiger partial charge in [0.05, 0.1) is 6.20 Å². The Kier molecular flexibility index (Phi) is 5.15. The molecule has 2 aromatic rings.